The zero-order valence-corrected chi connectivity index (χ0v) is 11.7. The summed E-state index contributed by atoms with van der Waals surface area (Å²) in [5.74, 6) is 0. The molecule has 1 fully saturated rings. The lowest BCUT2D eigenvalue weighted by Gasteiger charge is -2.37. The van der Waals surface area contributed by atoms with Gasteiger partial charge in [-0.3, -0.25) is 4.90 Å². The zero-order chi connectivity index (χ0) is 12.8. The SMILES string of the molecule is CNC(C)CC1CCCCN1Cc1ccccc1. The molecular weight excluding hydrogens is 220 g/mol. The van der Waals surface area contributed by atoms with E-state index in [1.54, 1.807) is 0 Å². The molecule has 2 heteroatoms. The molecule has 0 bridgehead atoms. The first kappa shape index (κ1) is 13.6. The number of hydrogen-bond acceptors (Lipinski definition) is 2. The number of likely N-dealkylation sites (tertiary alicyclic amines) is 1. The van der Waals surface area contributed by atoms with Gasteiger partial charge in [-0.15, -0.1) is 0 Å². The van der Waals surface area contributed by atoms with Gasteiger partial charge in [0.15, 0.2) is 0 Å². The third-order valence-electron chi connectivity index (χ3n) is 4.10. The summed E-state index contributed by atoms with van der Waals surface area (Å²) in [4.78, 5) is 2.67. The fourth-order valence-corrected chi connectivity index (χ4v) is 2.88. The Morgan fingerprint density at radius 3 is 2.78 bits per heavy atom. The van der Waals surface area contributed by atoms with Crippen molar-refractivity contribution in [2.75, 3.05) is 13.6 Å². The zero-order valence-electron chi connectivity index (χ0n) is 11.7. The number of hydrogen-bond donors (Lipinski definition) is 1. The molecule has 2 rings (SSSR count). The van der Waals surface area contributed by atoms with Gasteiger partial charge < -0.3 is 5.32 Å². The van der Waals surface area contributed by atoms with Gasteiger partial charge in [0.05, 0.1) is 0 Å². The quantitative estimate of drug-likeness (QED) is 0.859. The topological polar surface area (TPSA) is 15.3 Å². The van der Waals surface area contributed by atoms with E-state index in [9.17, 15) is 0 Å². The van der Waals surface area contributed by atoms with Crippen LogP contribution in [0, 0.1) is 0 Å². The van der Waals surface area contributed by atoms with Crippen LogP contribution in [0.1, 0.15) is 38.2 Å². The molecule has 1 aliphatic rings. The lowest BCUT2D eigenvalue weighted by molar-refractivity contribution is 0.125. The van der Waals surface area contributed by atoms with Gasteiger partial charge in [-0.2, -0.15) is 0 Å². The molecule has 0 saturated carbocycles. The van der Waals surface area contributed by atoms with E-state index in [-0.39, 0.29) is 0 Å². The Morgan fingerprint density at radius 2 is 2.06 bits per heavy atom. The molecule has 2 nitrogen and oxygen atoms in total. The minimum absolute atomic E-state index is 0.617. The third kappa shape index (κ3) is 3.82. The molecular formula is C16H26N2. The summed E-state index contributed by atoms with van der Waals surface area (Å²) in [7, 11) is 2.06. The Balaban J connectivity index is 1.95. The molecule has 100 valence electrons. The van der Waals surface area contributed by atoms with Crippen LogP contribution in [0.15, 0.2) is 30.3 Å². The molecule has 1 aromatic rings. The molecule has 0 aromatic heterocycles. The maximum absolute atomic E-state index is 3.37. The number of benzene rings is 1. The lowest BCUT2D eigenvalue weighted by atomic mass is 9.96. The van der Waals surface area contributed by atoms with Crippen LogP contribution in [0.2, 0.25) is 0 Å². The summed E-state index contributed by atoms with van der Waals surface area (Å²) in [5.41, 5.74) is 1.45. The highest BCUT2D eigenvalue weighted by Gasteiger charge is 2.23. The first-order chi connectivity index (χ1) is 8.79. The average molecular weight is 246 g/mol. The van der Waals surface area contributed by atoms with Crippen LogP contribution in [0.3, 0.4) is 0 Å². The average Bonchev–Trinajstić information content (AvgIpc) is 2.42. The Labute approximate surface area is 111 Å². The lowest BCUT2D eigenvalue weighted by Crippen LogP contribution is -2.42. The highest BCUT2D eigenvalue weighted by Crippen LogP contribution is 2.22. The molecule has 2 unspecified atom stereocenters. The highest BCUT2D eigenvalue weighted by atomic mass is 15.2. The highest BCUT2D eigenvalue weighted by molar-refractivity contribution is 5.14. The van der Waals surface area contributed by atoms with Crippen molar-refractivity contribution in [2.24, 2.45) is 0 Å². The Bertz CT molecular complexity index is 336. The largest absolute Gasteiger partial charge is 0.317 e. The van der Waals surface area contributed by atoms with E-state index in [2.05, 4.69) is 54.5 Å². The van der Waals surface area contributed by atoms with Crippen molar-refractivity contribution >= 4 is 0 Å². The van der Waals surface area contributed by atoms with Crippen LogP contribution in [-0.2, 0) is 6.54 Å². The monoisotopic (exact) mass is 246 g/mol. The summed E-state index contributed by atoms with van der Waals surface area (Å²) in [5, 5.41) is 3.37. The number of nitrogens with one attached hydrogen (secondary N) is 1. The van der Waals surface area contributed by atoms with E-state index >= 15 is 0 Å². The van der Waals surface area contributed by atoms with Gasteiger partial charge in [-0.1, -0.05) is 36.8 Å². The maximum Gasteiger partial charge on any atom is 0.0236 e. The van der Waals surface area contributed by atoms with Gasteiger partial charge in [-0.25, -0.2) is 0 Å². The molecule has 0 amide bonds. The second-order valence-electron chi connectivity index (χ2n) is 5.53. The van der Waals surface area contributed by atoms with Crippen molar-refractivity contribution in [2.45, 2.75) is 51.2 Å². The molecule has 0 spiro atoms. The molecule has 2 atom stereocenters. The summed E-state index contributed by atoms with van der Waals surface area (Å²) in [6.07, 6.45) is 5.38. The minimum atomic E-state index is 0.617. The van der Waals surface area contributed by atoms with E-state index in [4.69, 9.17) is 0 Å². The standard InChI is InChI=1S/C16H26N2/c1-14(17-2)12-16-10-6-7-11-18(16)13-15-8-4-3-5-9-15/h3-5,8-9,14,16-17H,6-7,10-13H2,1-2H3. The molecule has 1 aliphatic heterocycles. The maximum atomic E-state index is 3.37. The predicted molar refractivity (Wildman–Crippen MR) is 77.6 cm³/mol. The smallest absolute Gasteiger partial charge is 0.0236 e. The van der Waals surface area contributed by atoms with Gasteiger partial charge in [0.25, 0.3) is 0 Å². The van der Waals surface area contributed by atoms with E-state index in [1.165, 1.54) is 37.8 Å². The van der Waals surface area contributed by atoms with E-state index in [0.29, 0.717) is 6.04 Å². The molecule has 0 aliphatic carbocycles. The van der Waals surface area contributed by atoms with Gasteiger partial charge in [0, 0.05) is 18.6 Å². The van der Waals surface area contributed by atoms with Crippen LogP contribution < -0.4 is 5.32 Å². The van der Waals surface area contributed by atoms with Crippen LogP contribution in [0.5, 0.6) is 0 Å². The van der Waals surface area contributed by atoms with Gasteiger partial charge >= 0.3 is 0 Å². The van der Waals surface area contributed by atoms with Crippen LogP contribution >= 0.6 is 0 Å². The van der Waals surface area contributed by atoms with Crippen molar-refractivity contribution in [3.63, 3.8) is 0 Å². The molecule has 18 heavy (non-hydrogen) atoms. The molecule has 1 heterocycles. The van der Waals surface area contributed by atoms with Crippen molar-refractivity contribution in [3.8, 4) is 0 Å². The summed E-state index contributed by atoms with van der Waals surface area (Å²) in [6, 6.07) is 12.2. The van der Waals surface area contributed by atoms with E-state index in [0.717, 1.165) is 12.6 Å². The van der Waals surface area contributed by atoms with Crippen LogP contribution in [0.4, 0.5) is 0 Å². The summed E-state index contributed by atoms with van der Waals surface area (Å²) < 4.78 is 0. The summed E-state index contributed by atoms with van der Waals surface area (Å²) in [6.45, 7) is 4.66. The first-order valence-corrected chi connectivity index (χ1v) is 7.25. The van der Waals surface area contributed by atoms with Crippen molar-refractivity contribution in [1.29, 1.82) is 0 Å². The van der Waals surface area contributed by atoms with Crippen molar-refractivity contribution in [3.05, 3.63) is 35.9 Å². The molecule has 1 saturated heterocycles. The fraction of sp³-hybridized carbons (Fsp3) is 0.625. The Morgan fingerprint density at radius 1 is 1.28 bits per heavy atom. The van der Waals surface area contributed by atoms with Gasteiger partial charge in [-0.05, 0) is 45.3 Å². The third-order valence-corrected chi connectivity index (χ3v) is 4.10. The molecule has 1 aromatic carbocycles. The minimum Gasteiger partial charge on any atom is -0.317 e. The Kier molecular flexibility index (Phi) is 5.21. The van der Waals surface area contributed by atoms with E-state index < -0.39 is 0 Å². The normalized spacial score (nSPS) is 22.9. The van der Waals surface area contributed by atoms with Gasteiger partial charge in [0.2, 0.25) is 0 Å². The molecule has 1 N–H and O–H groups in total. The first-order valence-electron chi connectivity index (χ1n) is 7.25. The van der Waals surface area contributed by atoms with Crippen molar-refractivity contribution in [1.82, 2.24) is 10.2 Å². The van der Waals surface area contributed by atoms with Crippen LogP contribution in [-0.4, -0.2) is 30.6 Å². The fourth-order valence-electron chi connectivity index (χ4n) is 2.88. The summed E-state index contributed by atoms with van der Waals surface area (Å²) >= 11 is 0. The second-order valence-corrected chi connectivity index (χ2v) is 5.53. The predicted octanol–water partition coefficient (Wildman–Crippen LogP) is 3.04. The van der Waals surface area contributed by atoms with E-state index in [1.807, 2.05) is 0 Å². The number of rotatable bonds is 5. The number of piperidine rings is 1. The van der Waals surface area contributed by atoms with Crippen molar-refractivity contribution < 1.29 is 0 Å². The number of nitrogens with zero attached hydrogens (tertiary/aromatic N) is 1. The molecule has 0 radical (unpaired) electrons. The second kappa shape index (κ2) is 6.91. The van der Waals surface area contributed by atoms with Crippen LogP contribution in [0.25, 0.3) is 0 Å². The van der Waals surface area contributed by atoms with Gasteiger partial charge in [0.1, 0.15) is 0 Å². The Hall–Kier alpha value is -0.860.